The lowest BCUT2D eigenvalue weighted by molar-refractivity contribution is -0.132. The van der Waals surface area contributed by atoms with Crippen LogP contribution in [0.15, 0.2) is 18.2 Å². The van der Waals surface area contributed by atoms with Crippen LogP contribution >= 0.6 is 0 Å². The Morgan fingerprint density at radius 1 is 1.33 bits per heavy atom. The molecule has 2 fully saturated rings. The fourth-order valence-corrected chi connectivity index (χ4v) is 4.72. The Bertz CT molecular complexity index is 924. The molecule has 2 aliphatic rings. The molecular weight excluding hydrogens is 432 g/mol. The van der Waals surface area contributed by atoms with Crippen LogP contribution in [-0.2, 0) is 20.7 Å². The van der Waals surface area contributed by atoms with Gasteiger partial charge in [-0.25, -0.2) is 9.18 Å². The summed E-state index contributed by atoms with van der Waals surface area (Å²) in [6.45, 7) is 4.94. The highest BCUT2D eigenvalue weighted by molar-refractivity contribution is 6.58. The maximum absolute atomic E-state index is 14.5. The first-order valence-corrected chi connectivity index (χ1v) is 11.0. The number of amides is 2. The zero-order chi connectivity index (χ0) is 24.6. The monoisotopic (exact) mass is 463 g/mol. The standard InChI is InChI=1S/C22H31BFN3O6/c1-21(2,3)33-20(30)27-16-7-5-13(8-16)18(27)19(29)26-22(11-25,12-28)10-14-4-6-15(23(31)32)9-17(14)24/h4,6,9,12-13,16,18,31-32H,5,7-8,10-11,25H2,1-3H3,(H,26,29)/t13-,16+,18-,22+/m0/s1. The molecule has 5 N–H and O–H groups in total. The van der Waals surface area contributed by atoms with E-state index in [4.69, 9.17) is 10.5 Å². The van der Waals surface area contributed by atoms with Crippen molar-refractivity contribution in [2.45, 2.75) is 69.7 Å². The molecule has 0 spiro atoms. The van der Waals surface area contributed by atoms with E-state index in [2.05, 4.69) is 5.32 Å². The third-order valence-corrected chi connectivity index (χ3v) is 6.30. The fourth-order valence-electron chi connectivity index (χ4n) is 4.72. The summed E-state index contributed by atoms with van der Waals surface area (Å²) in [6, 6.07) is 2.67. The van der Waals surface area contributed by atoms with E-state index < -0.39 is 42.1 Å². The topological polar surface area (TPSA) is 142 Å². The number of halogens is 1. The van der Waals surface area contributed by atoms with Crippen LogP contribution in [0.4, 0.5) is 9.18 Å². The van der Waals surface area contributed by atoms with Crippen molar-refractivity contribution in [1.82, 2.24) is 10.2 Å². The van der Waals surface area contributed by atoms with Gasteiger partial charge in [0.1, 0.15) is 29.3 Å². The first-order chi connectivity index (χ1) is 15.4. The Morgan fingerprint density at radius 3 is 2.58 bits per heavy atom. The summed E-state index contributed by atoms with van der Waals surface area (Å²) in [7, 11) is -1.84. The molecule has 11 heteroatoms. The van der Waals surface area contributed by atoms with E-state index in [0.717, 1.165) is 18.9 Å². The molecule has 1 aromatic rings. The lowest BCUT2D eigenvalue weighted by Gasteiger charge is -2.37. The van der Waals surface area contributed by atoms with E-state index in [1.807, 2.05) is 0 Å². The third-order valence-electron chi connectivity index (χ3n) is 6.30. The summed E-state index contributed by atoms with van der Waals surface area (Å²) in [5.74, 6) is -1.36. The van der Waals surface area contributed by atoms with Gasteiger partial charge in [0.15, 0.2) is 0 Å². The number of carbonyl (C=O) groups is 3. The minimum absolute atomic E-state index is 0.0419. The van der Waals surface area contributed by atoms with Crippen LogP contribution in [0, 0.1) is 11.7 Å². The lowest BCUT2D eigenvalue weighted by Crippen LogP contribution is -2.62. The molecule has 1 aromatic carbocycles. The number of likely N-dealkylation sites (tertiary alicyclic amines) is 1. The van der Waals surface area contributed by atoms with Crippen LogP contribution in [0.2, 0.25) is 0 Å². The van der Waals surface area contributed by atoms with E-state index in [1.54, 1.807) is 20.8 Å². The van der Waals surface area contributed by atoms with E-state index >= 15 is 0 Å². The second-order valence-electron chi connectivity index (χ2n) is 9.93. The van der Waals surface area contributed by atoms with Gasteiger partial charge in [0.05, 0.1) is 0 Å². The van der Waals surface area contributed by atoms with Crippen LogP contribution < -0.4 is 16.5 Å². The smallest absolute Gasteiger partial charge is 0.444 e. The number of aldehydes is 1. The van der Waals surface area contributed by atoms with Gasteiger partial charge in [-0.1, -0.05) is 12.1 Å². The van der Waals surface area contributed by atoms with Crippen molar-refractivity contribution in [3.05, 3.63) is 29.6 Å². The van der Waals surface area contributed by atoms with Crippen molar-refractivity contribution >= 4 is 30.9 Å². The van der Waals surface area contributed by atoms with Gasteiger partial charge in [0.2, 0.25) is 5.91 Å². The predicted molar refractivity (Wildman–Crippen MR) is 119 cm³/mol. The Hall–Kier alpha value is -2.50. The highest BCUT2D eigenvalue weighted by atomic mass is 19.1. The number of fused-ring (bicyclic) bond motifs is 2. The molecule has 1 heterocycles. The Morgan fingerprint density at radius 2 is 2.03 bits per heavy atom. The van der Waals surface area contributed by atoms with Gasteiger partial charge in [0, 0.05) is 19.0 Å². The highest BCUT2D eigenvalue weighted by Crippen LogP contribution is 2.43. The number of nitrogens with two attached hydrogens (primary N) is 1. The molecule has 1 aliphatic carbocycles. The molecule has 1 saturated carbocycles. The van der Waals surface area contributed by atoms with Crippen LogP contribution in [0.25, 0.3) is 0 Å². The number of ether oxygens (including phenoxy) is 1. The number of benzene rings is 1. The van der Waals surface area contributed by atoms with E-state index in [0.29, 0.717) is 12.7 Å². The molecule has 180 valence electrons. The third kappa shape index (κ3) is 5.36. The molecule has 9 nitrogen and oxygen atoms in total. The highest BCUT2D eigenvalue weighted by Gasteiger charge is 2.53. The average molecular weight is 463 g/mol. The summed E-state index contributed by atoms with van der Waals surface area (Å²) in [6.07, 6.45) is 1.89. The number of nitrogens with one attached hydrogen (secondary N) is 1. The van der Waals surface area contributed by atoms with Crippen molar-refractivity contribution < 1.29 is 33.6 Å². The number of nitrogens with zero attached hydrogens (tertiary/aromatic N) is 1. The largest absolute Gasteiger partial charge is 0.488 e. The first-order valence-electron chi connectivity index (χ1n) is 11.0. The summed E-state index contributed by atoms with van der Waals surface area (Å²) in [5.41, 5.74) is 3.55. The van der Waals surface area contributed by atoms with Gasteiger partial charge in [-0.05, 0) is 63.0 Å². The fraction of sp³-hybridized carbons (Fsp3) is 0.591. The second-order valence-corrected chi connectivity index (χ2v) is 9.93. The van der Waals surface area contributed by atoms with Crippen LogP contribution in [0.1, 0.15) is 45.6 Å². The molecule has 1 saturated heterocycles. The van der Waals surface area contributed by atoms with Crippen molar-refractivity contribution in [3.8, 4) is 0 Å². The molecule has 0 unspecified atom stereocenters. The van der Waals surface area contributed by atoms with E-state index in [-0.39, 0.29) is 36.0 Å². The quantitative estimate of drug-likeness (QED) is 0.325. The molecule has 2 bridgehead atoms. The molecule has 33 heavy (non-hydrogen) atoms. The molecule has 2 amide bonds. The zero-order valence-electron chi connectivity index (χ0n) is 19.1. The Balaban J connectivity index is 1.81. The second kappa shape index (κ2) is 9.40. The summed E-state index contributed by atoms with van der Waals surface area (Å²) < 4.78 is 20.0. The summed E-state index contributed by atoms with van der Waals surface area (Å²) in [5, 5.41) is 21.1. The minimum Gasteiger partial charge on any atom is -0.444 e. The first kappa shape index (κ1) is 25.1. The zero-order valence-corrected chi connectivity index (χ0v) is 19.1. The SMILES string of the molecule is CC(C)(C)OC(=O)N1[C@@H]2CC[C@@H](C2)[C@H]1C(=O)N[C@@](C=O)(CN)Cc1ccc(B(O)O)cc1F. The summed E-state index contributed by atoms with van der Waals surface area (Å²) in [4.78, 5) is 39.7. The van der Waals surface area contributed by atoms with Crippen molar-refractivity contribution in [2.75, 3.05) is 6.54 Å². The Labute approximate surface area is 192 Å². The molecular formula is C22H31BFN3O6. The summed E-state index contributed by atoms with van der Waals surface area (Å²) >= 11 is 0. The van der Waals surface area contributed by atoms with Crippen LogP contribution in [-0.4, -0.2) is 70.1 Å². The van der Waals surface area contributed by atoms with Gasteiger partial charge >= 0.3 is 13.2 Å². The maximum atomic E-state index is 14.5. The average Bonchev–Trinajstić information content (AvgIpc) is 3.35. The number of rotatable bonds is 7. The number of hydrogen-bond donors (Lipinski definition) is 4. The number of hydrogen-bond acceptors (Lipinski definition) is 7. The van der Waals surface area contributed by atoms with Crippen LogP contribution in [0.5, 0.6) is 0 Å². The number of piperidine rings is 1. The Kier molecular flexibility index (Phi) is 7.16. The number of carbonyl (C=O) groups excluding carboxylic acids is 3. The molecule has 0 radical (unpaired) electrons. The predicted octanol–water partition coefficient (Wildman–Crippen LogP) is -0.151. The van der Waals surface area contributed by atoms with E-state index in [1.165, 1.54) is 17.0 Å². The van der Waals surface area contributed by atoms with Gasteiger partial charge < -0.3 is 30.6 Å². The van der Waals surface area contributed by atoms with Gasteiger partial charge in [0.25, 0.3) is 0 Å². The molecule has 0 aromatic heterocycles. The van der Waals surface area contributed by atoms with Gasteiger partial charge in [-0.15, -0.1) is 0 Å². The lowest BCUT2D eigenvalue weighted by atomic mass is 9.79. The molecule has 4 atom stereocenters. The van der Waals surface area contributed by atoms with E-state index in [9.17, 15) is 28.8 Å². The van der Waals surface area contributed by atoms with Gasteiger partial charge in [-0.2, -0.15) is 0 Å². The normalized spacial score (nSPS) is 23.7. The van der Waals surface area contributed by atoms with Crippen molar-refractivity contribution in [3.63, 3.8) is 0 Å². The van der Waals surface area contributed by atoms with Gasteiger partial charge in [-0.3, -0.25) is 9.69 Å². The van der Waals surface area contributed by atoms with Crippen LogP contribution in [0.3, 0.4) is 0 Å². The van der Waals surface area contributed by atoms with Crippen molar-refractivity contribution in [2.24, 2.45) is 11.7 Å². The molecule has 1 aliphatic heterocycles. The maximum Gasteiger partial charge on any atom is 0.488 e. The molecule has 3 rings (SSSR count). The minimum atomic E-state index is -1.84. The van der Waals surface area contributed by atoms with Crippen molar-refractivity contribution in [1.29, 1.82) is 0 Å².